The van der Waals surface area contributed by atoms with Crippen LogP contribution in [0.15, 0.2) is 35.6 Å². The number of aromatic nitrogens is 2. The number of benzene rings is 1. The molecule has 3 N–H and O–H groups in total. The Labute approximate surface area is 166 Å². The van der Waals surface area contributed by atoms with E-state index in [-0.39, 0.29) is 18.6 Å². The number of imidazole rings is 1. The summed E-state index contributed by atoms with van der Waals surface area (Å²) in [6, 6.07) is 8.41. The van der Waals surface area contributed by atoms with E-state index in [9.17, 15) is 5.11 Å². The van der Waals surface area contributed by atoms with E-state index in [1.807, 2.05) is 26.2 Å². The van der Waals surface area contributed by atoms with Crippen LogP contribution >= 0.6 is 0 Å². The van der Waals surface area contributed by atoms with Crippen LogP contribution in [0.25, 0.3) is 0 Å². The monoisotopic (exact) mass is 382 g/mol. The minimum Gasteiger partial charge on any atom is -0.394 e. The maximum atomic E-state index is 9.44. The molecule has 7 heteroatoms. The van der Waals surface area contributed by atoms with E-state index in [0.717, 1.165) is 36.5 Å². The third-order valence-electron chi connectivity index (χ3n) is 5.22. The largest absolute Gasteiger partial charge is 0.394 e. The maximum absolute atomic E-state index is 9.44. The molecule has 150 valence electrons. The predicted octanol–water partition coefficient (Wildman–Crippen LogP) is 2.88. The number of para-hydroxylation sites is 1. The van der Waals surface area contributed by atoms with Crippen LogP contribution < -0.4 is 10.2 Å². The number of hydrogen-bond acceptors (Lipinski definition) is 3. The summed E-state index contributed by atoms with van der Waals surface area (Å²) >= 11 is 0. The number of aliphatic imine (C=N–C) groups is 1. The molecule has 0 radical (unpaired) electrons. The van der Waals surface area contributed by atoms with Crippen LogP contribution in [0.1, 0.15) is 50.2 Å². The highest BCUT2D eigenvalue weighted by molar-refractivity contribution is 6.14. The lowest BCUT2D eigenvalue weighted by Gasteiger charge is -2.22. The number of nitrogens with zero attached hydrogens (tertiary/aromatic N) is 4. The van der Waals surface area contributed by atoms with Gasteiger partial charge in [0.15, 0.2) is 5.84 Å². The second-order valence-corrected chi connectivity index (χ2v) is 7.43. The molecule has 0 amide bonds. The molecule has 0 unspecified atom stereocenters. The molecule has 3 rings (SSSR count). The SMILES string of the molecule is CC[C@H](CO)NC(=N)/N=C(\c1ncn(C(C)C)c1C)N1CCc2ccccc21. The zero-order valence-corrected chi connectivity index (χ0v) is 17.1. The van der Waals surface area contributed by atoms with Crippen LogP contribution in [0, 0.1) is 12.3 Å². The Kier molecular flexibility index (Phi) is 6.14. The topological polar surface area (TPSA) is 89.5 Å². The van der Waals surface area contributed by atoms with Crippen molar-refractivity contribution in [2.45, 2.75) is 52.6 Å². The molecule has 2 aromatic rings. The van der Waals surface area contributed by atoms with Crippen molar-refractivity contribution < 1.29 is 5.11 Å². The van der Waals surface area contributed by atoms with Crippen molar-refractivity contribution in [1.82, 2.24) is 14.9 Å². The quantitative estimate of drug-likeness (QED) is 0.548. The van der Waals surface area contributed by atoms with Gasteiger partial charge >= 0.3 is 0 Å². The summed E-state index contributed by atoms with van der Waals surface area (Å²) < 4.78 is 2.12. The molecule has 7 nitrogen and oxygen atoms in total. The first-order valence-corrected chi connectivity index (χ1v) is 9.90. The van der Waals surface area contributed by atoms with E-state index in [1.165, 1.54) is 5.56 Å². The molecule has 1 aromatic heterocycles. The van der Waals surface area contributed by atoms with Crippen LogP contribution in [0.5, 0.6) is 0 Å². The second kappa shape index (κ2) is 8.56. The fraction of sp³-hybridized carbons (Fsp3) is 0.476. The van der Waals surface area contributed by atoms with E-state index in [2.05, 4.69) is 56.8 Å². The highest BCUT2D eigenvalue weighted by atomic mass is 16.3. The summed E-state index contributed by atoms with van der Waals surface area (Å²) in [6.45, 7) is 9.03. The number of aliphatic hydroxyl groups is 1. The normalized spacial score (nSPS) is 15.1. The molecule has 0 spiro atoms. The lowest BCUT2D eigenvalue weighted by atomic mass is 10.2. The number of rotatable bonds is 5. The lowest BCUT2D eigenvalue weighted by molar-refractivity contribution is 0.252. The fourth-order valence-corrected chi connectivity index (χ4v) is 3.57. The van der Waals surface area contributed by atoms with Crippen molar-refractivity contribution in [2.24, 2.45) is 4.99 Å². The van der Waals surface area contributed by atoms with Gasteiger partial charge < -0.3 is 19.9 Å². The van der Waals surface area contributed by atoms with Gasteiger partial charge in [0.25, 0.3) is 0 Å². The molecule has 2 heterocycles. The third-order valence-corrected chi connectivity index (χ3v) is 5.22. The van der Waals surface area contributed by atoms with Crippen LogP contribution in [0.2, 0.25) is 0 Å². The molecule has 0 fully saturated rings. The van der Waals surface area contributed by atoms with Gasteiger partial charge in [0.1, 0.15) is 5.69 Å². The highest BCUT2D eigenvalue weighted by Gasteiger charge is 2.27. The van der Waals surface area contributed by atoms with Crippen molar-refractivity contribution in [1.29, 1.82) is 5.41 Å². The number of aliphatic hydroxyl groups excluding tert-OH is 1. The summed E-state index contributed by atoms with van der Waals surface area (Å²) in [5.74, 6) is 0.714. The van der Waals surface area contributed by atoms with E-state index in [4.69, 9.17) is 5.41 Å². The van der Waals surface area contributed by atoms with Crippen LogP contribution in [0.4, 0.5) is 5.69 Å². The maximum Gasteiger partial charge on any atom is 0.217 e. The first-order valence-electron chi connectivity index (χ1n) is 9.90. The van der Waals surface area contributed by atoms with Crippen molar-refractivity contribution in [3.8, 4) is 0 Å². The standard InChI is InChI=1S/C21H30N6O/c1-5-17(12-28)24-21(22)25-20(19-15(4)27(13-23-19)14(2)3)26-11-10-16-8-6-7-9-18(16)26/h6-9,13-14,17,28H,5,10-12H2,1-4H3,(H2,22,24)/b25-20+/t17-/m1/s1. The first-order chi connectivity index (χ1) is 13.5. The highest BCUT2D eigenvalue weighted by Crippen LogP contribution is 2.30. The molecule has 1 aliphatic heterocycles. The molecule has 1 aliphatic rings. The van der Waals surface area contributed by atoms with E-state index < -0.39 is 0 Å². The average molecular weight is 383 g/mol. The Morgan fingerprint density at radius 2 is 2.11 bits per heavy atom. The molecule has 1 aromatic carbocycles. The number of hydrogen-bond donors (Lipinski definition) is 3. The minimum absolute atomic E-state index is 0.0305. The van der Waals surface area contributed by atoms with Crippen molar-refractivity contribution in [2.75, 3.05) is 18.1 Å². The van der Waals surface area contributed by atoms with Gasteiger partial charge in [0.2, 0.25) is 5.96 Å². The molecule has 0 saturated heterocycles. The molecular formula is C21H30N6O. The summed E-state index contributed by atoms with van der Waals surface area (Å²) in [6.07, 6.45) is 3.50. The number of nitrogens with one attached hydrogen (secondary N) is 2. The Balaban J connectivity index is 2.03. The third kappa shape index (κ3) is 3.94. The minimum atomic E-state index is -0.183. The average Bonchev–Trinajstić information content (AvgIpc) is 3.28. The molecule has 28 heavy (non-hydrogen) atoms. The lowest BCUT2D eigenvalue weighted by Crippen LogP contribution is -2.38. The Bertz CT molecular complexity index is 866. The number of guanidine groups is 1. The van der Waals surface area contributed by atoms with Crippen LogP contribution in [-0.4, -0.2) is 45.6 Å². The van der Waals surface area contributed by atoms with Gasteiger partial charge in [-0.2, -0.15) is 4.99 Å². The molecule has 0 bridgehead atoms. The molecular weight excluding hydrogens is 352 g/mol. The zero-order chi connectivity index (χ0) is 20.3. The summed E-state index contributed by atoms with van der Waals surface area (Å²) in [5.41, 5.74) is 4.20. The van der Waals surface area contributed by atoms with Gasteiger partial charge in [-0.15, -0.1) is 0 Å². The van der Waals surface area contributed by atoms with Gasteiger partial charge in [-0.1, -0.05) is 25.1 Å². The summed E-state index contributed by atoms with van der Waals surface area (Å²) in [5, 5.41) is 20.8. The summed E-state index contributed by atoms with van der Waals surface area (Å²) in [7, 11) is 0. The number of anilines is 1. The van der Waals surface area contributed by atoms with Crippen molar-refractivity contribution in [3.63, 3.8) is 0 Å². The van der Waals surface area contributed by atoms with Gasteiger partial charge in [-0.25, -0.2) is 4.98 Å². The van der Waals surface area contributed by atoms with E-state index >= 15 is 0 Å². The molecule has 0 saturated carbocycles. The summed E-state index contributed by atoms with van der Waals surface area (Å²) in [4.78, 5) is 11.4. The fourth-order valence-electron chi connectivity index (χ4n) is 3.57. The Hall–Kier alpha value is -2.67. The van der Waals surface area contributed by atoms with Gasteiger partial charge in [-0.05, 0) is 45.2 Å². The van der Waals surface area contributed by atoms with Gasteiger partial charge in [0.05, 0.1) is 19.0 Å². The van der Waals surface area contributed by atoms with Crippen LogP contribution in [-0.2, 0) is 6.42 Å². The smallest absolute Gasteiger partial charge is 0.217 e. The Morgan fingerprint density at radius 1 is 1.36 bits per heavy atom. The van der Waals surface area contributed by atoms with Crippen molar-refractivity contribution in [3.05, 3.63) is 47.5 Å². The van der Waals surface area contributed by atoms with Crippen LogP contribution in [0.3, 0.4) is 0 Å². The van der Waals surface area contributed by atoms with E-state index in [1.54, 1.807) is 0 Å². The zero-order valence-electron chi connectivity index (χ0n) is 17.1. The Morgan fingerprint density at radius 3 is 2.75 bits per heavy atom. The van der Waals surface area contributed by atoms with Crippen molar-refractivity contribution >= 4 is 17.5 Å². The molecule has 0 aliphatic carbocycles. The van der Waals surface area contributed by atoms with E-state index in [0.29, 0.717) is 11.9 Å². The second-order valence-electron chi connectivity index (χ2n) is 7.43. The van der Waals surface area contributed by atoms with Gasteiger partial charge in [-0.3, -0.25) is 5.41 Å². The first kappa shape index (κ1) is 20.1. The predicted molar refractivity (Wildman–Crippen MR) is 113 cm³/mol. The number of amidine groups is 1. The molecule has 1 atom stereocenters. The van der Waals surface area contributed by atoms with Gasteiger partial charge in [0, 0.05) is 24.0 Å². The number of fused-ring (bicyclic) bond motifs is 1.